The molecule has 0 aromatic heterocycles. The van der Waals surface area contributed by atoms with Gasteiger partial charge < -0.3 is 14.8 Å². The van der Waals surface area contributed by atoms with Crippen molar-refractivity contribution in [3.05, 3.63) is 71.5 Å². The molecule has 0 saturated heterocycles. The third kappa shape index (κ3) is 4.87. The minimum atomic E-state index is -1.02. The van der Waals surface area contributed by atoms with Crippen molar-refractivity contribution in [3.8, 4) is 0 Å². The Bertz CT molecular complexity index is 720. The average molecular weight is 345 g/mol. The van der Waals surface area contributed by atoms with Gasteiger partial charge in [-0.1, -0.05) is 48.5 Å². The van der Waals surface area contributed by atoms with Crippen molar-refractivity contribution in [3.63, 3.8) is 0 Å². The van der Waals surface area contributed by atoms with Gasteiger partial charge in [0, 0.05) is 13.5 Å². The number of carbonyl (C=O) groups is 2. The van der Waals surface area contributed by atoms with Gasteiger partial charge in [0.15, 0.2) is 6.10 Å². The first kappa shape index (κ1) is 18.6. The first-order valence-electron chi connectivity index (χ1n) is 7.76. The summed E-state index contributed by atoms with van der Waals surface area (Å²) in [6, 6.07) is 13.9. The van der Waals surface area contributed by atoms with Crippen LogP contribution >= 0.6 is 0 Å². The zero-order valence-corrected chi connectivity index (χ0v) is 14.1. The summed E-state index contributed by atoms with van der Waals surface area (Å²) in [5.41, 5.74) is 0.962. The van der Waals surface area contributed by atoms with Crippen LogP contribution in [0.5, 0.6) is 0 Å². The van der Waals surface area contributed by atoms with Crippen molar-refractivity contribution < 1.29 is 23.5 Å². The number of amides is 1. The van der Waals surface area contributed by atoms with Gasteiger partial charge in [-0.2, -0.15) is 0 Å². The zero-order valence-electron chi connectivity index (χ0n) is 14.1. The Morgan fingerprint density at radius 2 is 1.68 bits per heavy atom. The standard InChI is InChI=1S/C19H20FNO4/c1-24-17(13-8-4-3-5-9-13)18(22)21-16(19(23)25-2)12-14-10-6-7-11-15(14)20/h3-11,16-17H,12H2,1-2H3,(H,21,22)/t16-,17-/m0/s1. The van der Waals surface area contributed by atoms with E-state index in [0.29, 0.717) is 11.1 Å². The molecule has 25 heavy (non-hydrogen) atoms. The molecule has 2 aromatic carbocycles. The fourth-order valence-electron chi connectivity index (χ4n) is 2.49. The third-order valence-electron chi connectivity index (χ3n) is 3.76. The smallest absolute Gasteiger partial charge is 0.328 e. The minimum absolute atomic E-state index is 0.0175. The van der Waals surface area contributed by atoms with Gasteiger partial charge in [-0.3, -0.25) is 4.79 Å². The summed E-state index contributed by atoms with van der Waals surface area (Å²) in [7, 11) is 2.62. The number of carbonyl (C=O) groups excluding carboxylic acids is 2. The normalized spacial score (nSPS) is 12.9. The summed E-state index contributed by atoms with van der Waals surface area (Å²) in [4.78, 5) is 24.6. The van der Waals surface area contributed by atoms with Crippen molar-refractivity contribution in [2.24, 2.45) is 0 Å². The fourth-order valence-corrected chi connectivity index (χ4v) is 2.49. The summed E-state index contributed by atoms with van der Waals surface area (Å²) in [5, 5.41) is 2.59. The molecule has 6 heteroatoms. The lowest BCUT2D eigenvalue weighted by Crippen LogP contribution is -2.45. The van der Waals surface area contributed by atoms with Crippen LogP contribution in [0, 0.1) is 5.82 Å². The summed E-state index contributed by atoms with van der Waals surface area (Å²) in [6.07, 6.45) is -0.898. The molecule has 132 valence electrons. The maximum atomic E-state index is 13.9. The van der Waals surface area contributed by atoms with E-state index >= 15 is 0 Å². The Morgan fingerprint density at radius 1 is 1.04 bits per heavy atom. The van der Waals surface area contributed by atoms with E-state index in [2.05, 4.69) is 5.32 Å². The van der Waals surface area contributed by atoms with Crippen LogP contribution in [0.1, 0.15) is 17.2 Å². The molecule has 0 spiro atoms. The number of hydrogen-bond acceptors (Lipinski definition) is 4. The highest BCUT2D eigenvalue weighted by atomic mass is 19.1. The Kier molecular flexibility index (Phi) is 6.65. The van der Waals surface area contributed by atoms with Crippen molar-refractivity contribution >= 4 is 11.9 Å². The fraction of sp³-hybridized carbons (Fsp3) is 0.263. The van der Waals surface area contributed by atoms with Crippen LogP contribution in [0.4, 0.5) is 4.39 Å². The molecule has 0 radical (unpaired) electrons. The molecule has 0 aliphatic rings. The summed E-state index contributed by atoms with van der Waals surface area (Å²) < 4.78 is 23.8. The molecule has 2 atom stereocenters. The van der Waals surface area contributed by atoms with Crippen LogP contribution in [0.3, 0.4) is 0 Å². The van der Waals surface area contributed by atoms with Gasteiger partial charge in [-0.15, -0.1) is 0 Å². The highest BCUT2D eigenvalue weighted by Gasteiger charge is 2.28. The maximum Gasteiger partial charge on any atom is 0.328 e. The predicted octanol–water partition coefficient (Wildman–Crippen LogP) is 2.41. The lowest BCUT2D eigenvalue weighted by atomic mass is 10.0. The Morgan fingerprint density at radius 3 is 2.28 bits per heavy atom. The molecule has 0 bridgehead atoms. The molecule has 5 nitrogen and oxygen atoms in total. The SMILES string of the molecule is COC(=O)[C@H](Cc1ccccc1F)NC(=O)[C@@H](OC)c1ccccc1. The van der Waals surface area contributed by atoms with Crippen molar-refractivity contribution in [1.29, 1.82) is 0 Å². The van der Waals surface area contributed by atoms with Gasteiger partial charge in [-0.25, -0.2) is 9.18 Å². The Hall–Kier alpha value is -2.73. The molecular weight excluding hydrogens is 325 g/mol. The summed E-state index contributed by atoms with van der Waals surface area (Å²) >= 11 is 0. The number of halogens is 1. The van der Waals surface area contributed by atoms with E-state index in [-0.39, 0.29) is 6.42 Å². The largest absolute Gasteiger partial charge is 0.467 e. The number of ether oxygens (including phenoxy) is 2. The van der Waals surface area contributed by atoms with Crippen LogP contribution in [0.25, 0.3) is 0 Å². The lowest BCUT2D eigenvalue weighted by molar-refractivity contribution is -0.146. The van der Waals surface area contributed by atoms with Crippen molar-refractivity contribution in [2.45, 2.75) is 18.6 Å². The lowest BCUT2D eigenvalue weighted by Gasteiger charge is -2.21. The average Bonchev–Trinajstić information content (AvgIpc) is 2.63. The van der Waals surface area contributed by atoms with Crippen LogP contribution < -0.4 is 5.32 Å². The van der Waals surface area contributed by atoms with E-state index in [1.807, 2.05) is 6.07 Å². The molecular formula is C19H20FNO4. The van der Waals surface area contributed by atoms with Crippen molar-refractivity contribution in [2.75, 3.05) is 14.2 Å². The Labute approximate surface area is 145 Å². The van der Waals surface area contributed by atoms with Crippen LogP contribution in [0.15, 0.2) is 54.6 Å². The second-order valence-electron chi connectivity index (χ2n) is 5.41. The van der Waals surface area contributed by atoms with Crippen molar-refractivity contribution in [1.82, 2.24) is 5.32 Å². The highest BCUT2D eigenvalue weighted by molar-refractivity contribution is 5.87. The summed E-state index contributed by atoms with van der Waals surface area (Å²) in [5.74, 6) is -1.60. The number of nitrogens with one attached hydrogen (secondary N) is 1. The summed E-state index contributed by atoms with van der Waals surface area (Å²) in [6.45, 7) is 0. The third-order valence-corrected chi connectivity index (χ3v) is 3.76. The van der Waals surface area contributed by atoms with E-state index in [9.17, 15) is 14.0 Å². The van der Waals surface area contributed by atoms with E-state index in [0.717, 1.165) is 0 Å². The number of methoxy groups -OCH3 is 2. The first-order valence-corrected chi connectivity index (χ1v) is 7.76. The van der Waals surface area contributed by atoms with Gasteiger partial charge in [0.2, 0.25) is 0 Å². The zero-order chi connectivity index (χ0) is 18.2. The quantitative estimate of drug-likeness (QED) is 0.783. The Balaban J connectivity index is 2.17. The number of benzene rings is 2. The molecule has 0 aliphatic heterocycles. The predicted molar refractivity (Wildman–Crippen MR) is 90.2 cm³/mol. The van der Waals surface area contributed by atoms with E-state index in [1.54, 1.807) is 42.5 Å². The van der Waals surface area contributed by atoms with Gasteiger partial charge in [0.05, 0.1) is 7.11 Å². The molecule has 2 rings (SSSR count). The molecule has 0 fully saturated rings. The molecule has 0 heterocycles. The van der Waals surface area contributed by atoms with Gasteiger partial charge >= 0.3 is 5.97 Å². The first-order chi connectivity index (χ1) is 12.1. The minimum Gasteiger partial charge on any atom is -0.467 e. The van der Waals surface area contributed by atoms with Gasteiger partial charge in [0.1, 0.15) is 11.9 Å². The second kappa shape index (κ2) is 8.94. The van der Waals surface area contributed by atoms with E-state index in [1.165, 1.54) is 20.3 Å². The highest BCUT2D eigenvalue weighted by Crippen LogP contribution is 2.17. The monoisotopic (exact) mass is 345 g/mol. The molecule has 0 aliphatic carbocycles. The van der Waals surface area contributed by atoms with E-state index < -0.39 is 29.8 Å². The number of hydrogen-bond donors (Lipinski definition) is 1. The topological polar surface area (TPSA) is 64.6 Å². The maximum absolute atomic E-state index is 13.9. The van der Waals surface area contributed by atoms with Crippen LogP contribution in [-0.4, -0.2) is 32.1 Å². The van der Waals surface area contributed by atoms with E-state index in [4.69, 9.17) is 9.47 Å². The molecule has 2 aromatic rings. The molecule has 1 amide bonds. The molecule has 1 N–H and O–H groups in total. The van der Waals surface area contributed by atoms with Crippen LogP contribution in [-0.2, 0) is 25.5 Å². The molecule has 0 saturated carbocycles. The number of rotatable bonds is 7. The van der Waals surface area contributed by atoms with Gasteiger partial charge in [-0.05, 0) is 17.2 Å². The second-order valence-corrected chi connectivity index (χ2v) is 5.41. The van der Waals surface area contributed by atoms with Gasteiger partial charge in [0.25, 0.3) is 5.91 Å². The number of esters is 1. The van der Waals surface area contributed by atoms with Crippen LogP contribution in [0.2, 0.25) is 0 Å². The molecule has 0 unspecified atom stereocenters.